The first kappa shape index (κ1) is 14.5. The largest absolute Gasteiger partial charge is 0.419 e. The summed E-state index contributed by atoms with van der Waals surface area (Å²) >= 11 is 0. The van der Waals surface area contributed by atoms with Crippen molar-refractivity contribution in [2.45, 2.75) is 12.2 Å². The van der Waals surface area contributed by atoms with Gasteiger partial charge in [-0.15, -0.1) is 0 Å². The lowest BCUT2D eigenvalue weighted by Crippen LogP contribution is -2.29. The third-order valence-corrected chi connectivity index (χ3v) is 2.82. The van der Waals surface area contributed by atoms with Gasteiger partial charge in [-0.2, -0.15) is 13.2 Å². The van der Waals surface area contributed by atoms with E-state index in [9.17, 15) is 17.6 Å². The standard InChI is InChI=1S/C12H12F4N4/c1-20-5-10(18-6-20)11(19-17)7-2-3-9(13)8(4-7)12(14,15)16/h2-6,11,19H,17H2,1H3. The molecule has 0 fully saturated rings. The molecule has 0 radical (unpaired) electrons. The van der Waals surface area contributed by atoms with Crippen molar-refractivity contribution in [3.8, 4) is 0 Å². The maximum absolute atomic E-state index is 13.2. The lowest BCUT2D eigenvalue weighted by molar-refractivity contribution is -0.140. The average molecular weight is 288 g/mol. The summed E-state index contributed by atoms with van der Waals surface area (Å²) in [5, 5.41) is 0. The molecular formula is C12H12F4N4. The first-order valence-electron chi connectivity index (χ1n) is 5.63. The Balaban J connectivity index is 2.46. The van der Waals surface area contributed by atoms with Crippen LogP contribution in [0.5, 0.6) is 0 Å². The highest BCUT2D eigenvalue weighted by molar-refractivity contribution is 5.33. The Labute approximate surface area is 112 Å². The van der Waals surface area contributed by atoms with Gasteiger partial charge in [0.1, 0.15) is 5.82 Å². The van der Waals surface area contributed by atoms with Crippen molar-refractivity contribution in [2.75, 3.05) is 0 Å². The summed E-state index contributed by atoms with van der Waals surface area (Å²) in [4.78, 5) is 4.02. The van der Waals surface area contributed by atoms with E-state index < -0.39 is 23.6 Å². The molecule has 20 heavy (non-hydrogen) atoms. The predicted octanol–water partition coefficient (Wildman–Crippen LogP) is 2.13. The van der Waals surface area contributed by atoms with Gasteiger partial charge in [0.2, 0.25) is 0 Å². The van der Waals surface area contributed by atoms with Crippen LogP contribution in [0.15, 0.2) is 30.7 Å². The molecule has 0 bridgehead atoms. The van der Waals surface area contributed by atoms with E-state index in [2.05, 4.69) is 10.4 Å². The maximum Gasteiger partial charge on any atom is 0.419 e. The highest BCUT2D eigenvalue weighted by Gasteiger charge is 2.34. The summed E-state index contributed by atoms with van der Waals surface area (Å²) in [6.45, 7) is 0. The van der Waals surface area contributed by atoms with Crippen molar-refractivity contribution in [1.29, 1.82) is 0 Å². The highest BCUT2D eigenvalue weighted by atomic mass is 19.4. The van der Waals surface area contributed by atoms with E-state index in [0.29, 0.717) is 5.69 Å². The van der Waals surface area contributed by atoms with Gasteiger partial charge < -0.3 is 4.57 Å². The normalized spacial score (nSPS) is 13.5. The van der Waals surface area contributed by atoms with Gasteiger partial charge in [-0.1, -0.05) is 6.07 Å². The van der Waals surface area contributed by atoms with Crippen LogP contribution in [0.2, 0.25) is 0 Å². The SMILES string of the molecule is Cn1cnc(C(NN)c2ccc(F)c(C(F)(F)F)c2)c1. The average Bonchev–Trinajstić information content (AvgIpc) is 2.77. The first-order valence-corrected chi connectivity index (χ1v) is 5.63. The van der Waals surface area contributed by atoms with Gasteiger partial charge in [-0.05, 0) is 17.7 Å². The summed E-state index contributed by atoms with van der Waals surface area (Å²) < 4.78 is 53.0. The Morgan fingerprint density at radius 3 is 2.55 bits per heavy atom. The highest BCUT2D eigenvalue weighted by Crippen LogP contribution is 2.33. The quantitative estimate of drug-likeness (QED) is 0.517. The van der Waals surface area contributed by atoms with E-state index in [4.69, 9.17) is 5.84 Å². The fourth-order valence-electron chi connectivity index (χ4n) is 1.87. The smallest absolute Gasteiger partial charge is 0.340 e. The number of halogens is 4. The van der Waals surface area contributed by atoms with Crippen molar-refractivity contribution < 1.29 is 17.6 Å². The number of imidazole rings is 1. The van der Waals surface area contributed by atoms with E-state index in [1.54, 1.807) is 17.8 Å². The van der Waals surface area contributed by atoms with Crippen LogP contribution in [0.4, 0.5) is 17.6 Å². The predicted molar refractivity (Wildman–Crippen MR) is 63.8 cm³/mol. The van der Waals surface area contributed by atoms with Gasteiger partial charge in [0.25, 0.3) is 0 Å². The molecule has 0 amide bonds. The summed E-state index contributed by atoms with van der Waals surface area (Å²) in [7, 11) is 1.72. The summed E-state index contributed by atoms with van der Waals surface area (Å²) in [5.74, 6) is 4.05. The Bertz CT molecular complexity index is 606. The number of alkyl halides is 3. The molecule has 1 atom stereocenters. The van der Waals surface area contributed by atoms with Crippen molar-refractivity contribution in [2.24, 2.45) is 12.9 Å². The van der Waals surface area contributed by atoms with Gasteiger partial charge in [-0.25, -0.2) is 14.8 Å². The van der Waals surface area contributed by atoms with E-state index in [0.717, 1.165) is 12.1 Å². The minimum atomic E-state index is -4.76. The number of aryl methyl sites for hydroxylation is 1. The molecule has 0 aliphatic carbocycles. The molecule has 0 saturated heterocycles. The van der Waals surface area contributed by atoms with E-state index in [-0.39, 0.29) is 5.56 Å². The number of rotatable bonds is 3. The van der Waals surface area contributed by atoms with Crippen molar-refractivity contribution >= 4 is 0 Å². The second-order valence-electron chi connectivity index (χ2n) is 4.30. The van der Waals surface area contributed by atoms with Gasteiger partial charge in [0, 0.05) is 13.2 Å². The van der Waals surface area contributed by atoms with Crippen LogP contribution >= 0.6 is 0 Å². The minimum Gasteiger partial charge on any atom is -0.340 e. The molecular weight excluding hydrogens is 276 g/mol. The Hall–Kier alpha value is -1.93. The Kier molecular flexibility index (Phi) is 3.78. The molecule has 0 saturated carbocycles. The molecule has 0 aliphatic rings. The molecule has 1 aromatic carbocycles. The van der Waals surface area contributed by atoms with Crippen LogP contribution in [0.1, 0.15) is 22.9 Å². The molecule has 1 unspecified atom stereocenters. The van der Waals surface area contributed by atoms with Crippen LogP contribution in [-0.2, 0) is 13.2 Å². The Morgan fingerprint density at radius 2 is 2.05 bits per heavy atom. The van der Waals surface area contributed by atoms with Gasteiger partial charge in [0.15, 0.2) is 0 Å². The lowest BCUT2D eigenvalue weighted by Gasteiger charge is -2.16. The zero-order valence-electron chi connectivity index (χ0n) is 10.4. The van der Waals surface area contributed by atoms with Crippen molar-refractivity contribution in [3.05, 3.63) is 53.4 Å². The number of nitrogens with zero attached hydrogens (tertiary/aromatic N) is 2. The molecule has 0 aliphatic heterocycles. The summed E-state index contributed by atoms with van der Waals surface area (Å²) in [5.41, 5.74) is 1.67. The monoisotopic (exact) mass is 288 g/mol. The maximum atomic E-state index is 13.2. The zero-order valence-corrected chi connectivity index (χ0v) is 10.4. The van der Waals surface area contributed by atoms with Gasteiger partial charge in [-0.3, -0.25) is 5.84 Å². The molecule has 0 spiro atoms. The first-order chi connectivity index (χ1) is 9.32. The third-order valence-electron chi connectivity index (χ3n) is 2.82. The summed E-state index contributed by atoms with van der Waals surface area (Å²) in [6, 6.07) is 1.99. The number of hydrogen-bond acceptors (Lipinski definition) is 3. The fraction of sp³-hybridized carbons (Fsp3) is 0.250. The van der Waals surface area contributed by atoms with E-state index in [1.165, 1.54) is 12.4 Å². The van der Waals surface area contributed by atoms with Crippen molar-refractivity contribution in [1.82, 2.24) is 15.0 Å². The van der Waals surface area contributed by atoms with E-state index in [1.807, 2.05) is 0 Å². The summed E-state index contributed by atoms with van der Waals surface area (Å²) in [6.07, 6.45) is -1.65. The van der Waals surface area contributed by atoms with Crippen LogP contribution in [0, 0.1) is 5.82 Å². The molecule has 4 nitrogen and oxygen atoms in total. The number of hydrazine groups is 1. The van der Waals surface area contributed by atoms with Gasteiger partial charge in [0.05, 0.1) is 23.6 Å². The number of nitrogens with one attached hydrogen (secondary N) is 1. The molecule has 2 rings (SSSR count). The van der Waals surface area contributed by atoms with Gasteiger partial charge >= 0.3 is 6.18 Å². The molecule has 2 aromatic rings. The number of aromatic nitrogens is 2. The number of benzene rings is 1. The molecule has 1 aromatic heterocycles. The second kappa shape index (κ2) is 5.22. The lowest BCUT2D eigenvalue weighted by atomic mass is 10.0. The van der Waals surface area contributed by atoms with Crippen molar-refractivity contribution in [3.63, 3.8) is 0 Å². The second-order valence-corrected chi connectivity index (χ2v) is 4.30. The fourth-order valence-corrected chi connectivity index (χ4v) is 1.87. The topological polar surface area (TPSA) is 55.9 Å². The number of hydrogen-bond donors (Lipinski definition) is 2. The zero-order chi connectivity index (χ0) is 14.9. The third kappa shape index (κ3) is 2.81. The van der Waals surface area contributed by atoms with Crippen LogP contribution in [0.25, 0.3) is 0 Å². The van der Waals surface area contributed by atoms with Crippen LogP contribution in [0.3, 0.4) is 0 Å². The Morgan fingerprint density at radius 1 is 1.35 bits per heavy atom. The molecule has 3 N–H and O–H groups in total. The molecule has 1 heterocycles. The molecule has 108 valence electrons. The minimum absolute atomic E-state index is 0.180. The number of nitrogens with two attached hydrogens (primary N) is 1. The van der Waals surface area contributed by atoms with Crippen LogP contribution < -0.4 is 11.3 Å². The van der Waals surface area contributed by atoms with E-state index >= 15 is 0 Å². The van der Waals surface area contributed by atoms with Crippen LogP contribution in [-0.4, -0.2) is 9.55 Å². The molecule has 8 heteroatoms.